The minimum Gasteiger partial charge on any atom is -0.321 e. The summed E-state index contributed by atoms with van der Waals surface area (Å²) in [6, 6.07) is 0. The Labute approximate surface area is 107 Å². The van der Waals surface area contributed by atoms with Crippen LogP contribution in [0.25, 0.3) is 0 Å². The highest BCUT2D eigenvalue weighted by molar-refractivity contribution is 7.08. The standard InChI is InChI=1S/C13H20N2OS/c1-5-13(4)12(16)15(10(3)14-13)6-11-8-17-7-9(11)2/h7-8,10,14H,5-6H2,1-4H3. The summed E-state index contributed by atoms with van der Waals surface area (Å²) in [6.45, 7) is 8.92. The minimum absolute atomic E-state index is 0.117. The van der Waals surface area contributed by atoms with Gasteiger partial charge in [0.2, 0.25) is 5.91 Å². The fourth-order valence-corrected chi connectivity index (χ4v) is 3.14. The van der Waals surface area contributed by atoms with Crippen LogP contribution in [0.1, 0.15) is 38.3 Å². The smallest absolute Gasteiger partial charge is 0.244 e. The number of amides is 1. The third-order valence-electron chi connectivity index (χ3n) is 3.74. The molecule has 2 atom stereocenters. The van der Waals surface area contributed by atoms with Gasteiger partial charge in [0, 0.05) is 6.54 Å². The van der Waals surface area contributed by atoms with Crippen molar-refractivity contribution in [1.29, 1.82) is 0 Å². The molecule has 1 aliphatic rings. The van der Waals surface area contributed by atoms with Crippen molar-refractivity contribution in [3.8, 4) is 0 Å². The highest BCUT2D eigenvalue weighted by Crippen LogP contribution is 2.26. The molecule has 1 saturated heterocycles. The zero-order chi connectivity index (χ0) is 12.6. The van der Waals surface area contributed by atoms with E-state index in [1.165, 1.54) is 11.1 Å². The second kappa shape index (κ2) is 4.42. The number of aryl methyl sites for hydroxylation is 1. The summed E-state index contributed by atoms with van der Waals surface area (Å²) >= 11 is 1.70. The SMILES string of the molecule is CCC1(C)NC(C)N(Cc2cscc2C)C1=O. The molecule has 4 heteroatoms. The molecule has 17 heavy (non-hydrogen) atoms. The molecule has 0 aliphatic carbocycles. The van der Waals surface area contributed by atoms with Gasteiger partial charge in [0.15, 0.2) is 0 Å². The van der Waals surface area contributed by atoms with Crippen LogP contribution in [0.15, 0.2) is 10.8 Å². The summed E-state index contributed by atoms with van der Waals surface area (Å²) in [5.74, 6) is 0.220. The first kappa shape index (κ1) is 12.6. The summed E-state index contributed by atoms with van der Waals surface area (Å²) in [5.41, 5.74) is 2.15. The summed E-state index contributed by atoms with van der Waals surface area (Å²) in [4.78, 5) is 14.3. The van der Waals surface area contributed by atoms with E-state index in [1.54, 1.807) is 11.3 Å². The van der Waals surface area contributed by atoms with Gasteiger partial charge in [-0.25, -0.2) is 0 Å². The average Bonchev–Trinajstić information content (AvgIpc) is 2.78. The maximum absolute atomic E-state index is 12.4. The third kappa shape index (κ3) is 2.11. The third-order valence-corrected chi connectivity index (χ3v) is 4.65. The van der Waals surface area contributed by atoms with Gasteiger partial charge in [-0.15, -0.1) is 0 Å². The molecular formula is C13H20N2OS. The predicted octanol–water partition coefficient (Wildman–Crippen LogP) is 2.50. The van der Waals surface area contributed by atoms with Crippen LogP contribution in [0.5, 0.6) is 0 Å². The van der Waals surface area contributed by atoms with Gasteiger partial charge in [-0.05, 0) is 49.1 Å². The lowest BCUT2D eigenvalue weighted by Crippen LogP contribution is -2.43. The van der Waals surface area contributed by atoms with Crippen molar-refractivity contribution in [3.63, 3.8) is 0 Å². The van der Waals surface area contributed by atoms with E-state index >= 15 is 0 Å². The van der Waals surface area contributed by atoms with Gasteiger partial charge >= 0.3 is 0 Å². The lowest BCUT2D eigenvalue weighted by Gasteiger charge is -2.21. The molecule has 1 N–H and O–H groups in total. The number of hydrogen-bond donors (Lipinski definition) is 1. The number of carbonyl (C=O) groups excluding carboxylic acids is 1. The molecule has 1 aliphatic heterocycles. The van der Waals surface area contributed by atoms with Crippen molar-refractivity contribution in [2.45, 2.75) is 52.4 Å². The highest BCUT2D eigenvalue weighted by Gasteiger charge is 2.44. The zero-order valence-electron chi connectivity index (χ0n) is 10.9. The Morgan fingerprint density at radius 2 is 2.24 bits per heavy atom. The molecule has 0 aromatic carbocycles. The topological polar surface area (TPSA) is 32.3 Å². The number of thiophene rings is 1. The van der Waals surface area contributed by atoms with Gasteiger partial charge in [-0.3, -0.25) is 10.1 Å². The molecule has 2 rings (SSSR count). The molecular weight excluding hydrogens is 232 g/mol. The van der Waals surface area contributed by atoms with E-state index in [4.69, 9.17) is 0 Å². The Kier molecular flexibility index (Phi) is 3.27. The first-order chi connectivity index (χ1) is 7.98. The molecule has 0 bridgehead atoms. The van der Waals surface area contributed by atoms with Gasteiger partial charge in [0.05, 0.1) is 11.7 Å². The second-order valence-electron chi connectivity index (χ2n) is 5.02. The van der Waals surface area contributed by atoms with E-state index in [0.29, 0.717) is 0 Å². The largest absolute Gasteiger partial charge is 0.321 e. The molecule has 2 unspecified atom stereocenters. The van der Waals surface area contributed by atoms with Crippen molar-refractivity contribution in [1.82, 2.24) is 10.2 Å². The normalized spacial score (nSPS) is 29.1. The quantitative estimate of drug-likeness (QED) is 0.896. The highest BCUT2D eigenvalue weighted by atomic mass is 32.1. The number of rotatable bonds is 3. The van der Waals surface area contributed by atoms with Crippen LogP contribution >= 0.6 is 11.3 Å². The minimum atomic E-state index is -0.386. The van der Waals surface area contributed by atoms with Gasteiger partial charge < -0.3 is 4.90 Å². The molecule has 0 spiro atoms. The Bertz CT molecular complexity index is 429. The van der Waals surface area contributed by atoms with Gasteiger partial charge in [-0.2, -0.15) is 11.3 Å². The van der Waals surface area contributed by atoms with Gasteiger partial charge in [0.25, 0.3) is 0 Å². The molecule has 0 radical (unpaired) electrons. The van der Waals surface area contributed by atoms with E-state index in [0.717, 1.165) is 13.0 Å². The number of nitrogens with one attached hydrogen (secondary N) is 1. The molecule has 1 aromatic rings. The predicted molar refractivity (Wildman–Crippen MR) is 70.9 cm³/mol. The first-order valence-electron chi connectivity index (χ1n) is 6.08. The zero-order valence-corrected chi connectivity index (χ0v) is 11.7. The average molecular weight is 252 g/mol. The Morgan fingerprint density at radius 1 is 1.53 bits per heavy atom. The summed E-state index contributed by atoms with van der Waals surface area (Å²) in [5, 5.41) is 7.66. The molecule has 1 amide bonds. The molecule has 1 fully saturated rings. The maximum Gasteiger partial charge on any atom is 0.244 e. The Morgan fingerprint density at radius 3 is 2.71 bits per heavy atom. The lowest BCUT2D eigenvalue weighted by molar-refractivity contribution is -0.133. The van der Waals surface area contributed by atoms with Crippen LogP contribution in [-0.4, -0.2) is 22.5 Å². The van der Waals surface area contributed by atoms with Crippen LogP contribution in [-0.2, 0) is 11.3 Å². The van der Waals surface area contributed by atoms with E-state index in [9.17, 15) is 4.79 Å². The van der Waals surface area contributed by atoms with Crippen LogP contribution in [0.4, 0.5) is 0 Å². The van der Waals surface area contributed by atoms with E-state index in [1.807, 2.05) is 11.8 Å². The Hall–Kier alpha value is -0.870. The van der Waals surface area contributed by atoms with E-state index < -0.39 is 0 Å². The number of nitrogens with zero attached hydrogens (tertiary/aromatic N) is 1. The van der Waals surface area contributed by atoms with Crippen molar-refractivity contribution >= 4 is 17.2 Å². The summed E-state index contributed by atoms with van der Waals surface area (Å²) in [7, 11) is 0. The number of carbonyl (C=O) groups is 1. The van der Waals surface area contributed by atoms with Crippen molar-refractivity contribution < 1.29 is 4.79 Å². The maximum atomic E-state index is 12.4. The van der Waals surface area contributed by atoms with Crippen LogP contribution < -0.4 is 5.32 Å². The molecule has 1 aromatic heterocycles. The van der Waals surface area contributed by atoms with Crippen molar-refractivity contribution in [2.75, 3.05) is 0 Å². The molecule has 3 nitrogen and oxygen atoms in total. The fourth-order valence-electron chi connectivity index (χ4n) is 2.29. The summed E-state index contributed by atoms with van der Waals surface area (Å²) < 4.78 is 0. The van der Waals surface area contributed by atoms with Gasteiger partial charge in [-0.1, -0.05) is 6.92 Å². The Balaban J connectivity index is 2.18. The lowest BCUT2D eigenvalue weighted by atomic mass is 9.99. The monoisotopic (exact) mass is 252 g/mol. The number of hydrogen-bond acceptors (Lipinski definition) is 3. The molecule has 94 valence electrons. The van der Waals surface area contributed by atoms with E-state index in [2.05, 4.69) is 36.8 Å². The van der Waals surface area contributed by atoms with Crippen molar-refractivity contribution in [2.24, 2.45) is 0 Å². The van der Waals surface area contributed by atoms with Crippen LogP contribution in [0.3, 0.4) is 0 Å². The molecule has 2 heterocycles. The second-order valence-corrected chi connectivity index (χ2v) is 5.76. The molecule has 0 saturated carbocycles. The van der Waals surface area contributed by atoms with Gasteiger partial charge in [0.1, 0.15) is 0 Å². The van der Waals surface area contributed by atoms with Crippen LogP contribution in [0, 0.1) is 6.92 Å². The van der Waals surface area contributed by atoms with Crippen LogP contribution in [0.2, 0.25) is 0 Å². The summed E-state index contributed by atoms with van der Waals surface area (Å²) in [6.07, 6.45) is 0.946. The van der Waals surface area contributed by atoms with E-state index in [-0.39, 0.29) is 17.6 Å². The first-order valence-corrected chi connectivity index (χ1v) is 7.02. The fraction of sp³-hybridized carbons (Fsp3) is 0.615. The van der Waals surface area contributed by atoms with Crippen molar-refractivity contribution in [3.05, 3.63) is 21.9 Å².